The van der Waals surface area contributed by atoms with Crippen LogP contribution >= 0.6 is 0 Å². The molecule has 3 N–H and O–H groups in total. The Morgan fingerprint density at radius 1 is 1.47 bits per heavy atom. The lowest BCUT2D eigenvalue weighted by Crippen LogP contribution is -2.56. The first-order valence-corrected chi connectivity index (χ1v) is 7.37. The number of hydrogen-bond acceptors (Lipinski definition) is 4. The quantitative estimate of drug-likeness (QED) is 0.747. The van der Waals surface area contributed by atoms with Gasteiger partial charge in [-0.15, -0.1) is 0 Å². The van der Waals surface area contributed by atoms with Gasteiger partial charge in [0.25, 0.3) is 0 Å². The van der Waals surface area contributed by atoms with Gasteiger partial charge >= 0.3 is 0 Å². The predicted molar refractivity (Wildman–Crippen MR) is 76.9 cm³/mol. The zero-order valence-corrected chi connectivity index (χ0v) is 12.7. The van der Waals surface area contributed by atoms with Crippen LogP contribution in [0.3, 0.4) is 0 Å². The average Bonchev–Trinajstić information content (AvgIpc) is 2.38. The Kier molecular flexibility index (Phi) is 6.75. The first-order valence-electron chi connectivity index (χ1n) is 7.37. The number of nitrogens with one attached hydrogen (secondary N) is 1. The number of carbonyl (C=O) groups excluding carboxylic acids is 1. The average molecular weight is 271 g/mol. The molecular formula is C14H29N3O2. The van der Waals surface area contributed by atoms with Crippen LogP contribution in [0.25, 0.3) is 0 Å². The zero-order chi connectivity index (χ0) is 14.4. The molecule has 5 heteroatoms. The van der Waals surface area contributed by atoms with Crippen molar-refractivity contribution in [1.29, 1.82) is 0 Å². The third-order valence-electron chi connectivity index (χ3n) is 3.75. The summed E-state index contributed by atoms with van der Waals surface area (Å²) in [5.41, 5.74) is 5.87. The summed E-state index contributed by atoms with van der Waals surface area (Å²) in [7, 11) is 0. The molecule has 4 unspecified atom stereocenters. The van der Waals surface area contributed by atoms with E-state index in [1.165, 1.54) is 0 Å². The molecule has 1 aliphatic rings. The number of amides is 1. The third-order valence-corrected chi connectivity index (χ3v) is 3.75. The van der Waals surface area contributed by atoms with Crippen LogP contribution in [0.4, 0.5) is 0 Å². The van der Waals surface area contributed by atoms with Gasteiger partial charge in [0.05, 0.1) is 18.8 Å². The summed E-state index contributed by atoms with van der Waals surface area (Å²) in [5, 5.41) is 3.07. The Morgan fingerprint density at radius 3 is 2.74 bits per heavy atom. The largest absolute Gasteiger partial charge is 0.374 e. The predicted octanol–water partition coefficient (Wildman–Crippen LogP) is 0.728. The topological polar surface area (TPSA) is 67.6 Å². The number of morpholine rings is 1. The van der Waals surface area contributed by atoms with Crippen LogP contribution in [-0.4, -0.2) is 54.7 Å². The van der Waals surface area contributed by atoms with E-state index in [9.17, 15) is 4.79 Å². The van der Waals surface area contributed by atoms with E-state index in [-0.39, 0.29) is 30.1 Å². The molecule has 1 amide bonds. The van der Waals surface area contributed by atoms with E-state index in [1.807, 2.05) is 13.8 Å². The summed E-state index contributed by atoms with van der Waals surface area (Å²) in [4.78, 5) is 14.3. The van der Waals surface area contributed by atoms with E-state index in [4.69, 9.17) is 10.5 Å². The summed E-state index contributed by atoms with van der Waals surface area (Å²) in [5.74, 6) is 0.103. The van der Waals surface area contributed by atoms with Crippen molar-refractivity contribution in [3.05, 3.63) is 0 Å². The van der Waals surface area contributed by atoms with E-state index < -0.39 is 0 Å². The monoisotopic (exact) mass is 271 g/mol. The van der Waals surface area contributed by atoms with Crippen LogP contribution in [0, 0.1) is 0 Å². The number of ether oxygens (including phenoxy) is 1. The lowest BCUT2D eigenvalue weighted by atomic mass is 10.1. The molecule has 0 aromatic carbocycles. The molecule has 0 saturated carbocycles. The molecule has 1 heterocycles. The highest BCUT2D eigenvalue weighted by atomic mass is 16.5. The van der Waals surface area contributed by atoms with Gasteiger partial charge < -0.3 is 15.8 Å². The van der Waals surface area contributed by atoms with Crippen LogP contribution in [0.1, 0.15) is 40.5 Å². The molecule has 0 radical (unpaired) electrons. The van der Waals surface area contributed by atoms with Gasteiger partial charge in [-0.25, -0.2) is 0 Å². The molecule has 0 spiro atoms. The highest BCUT2D eigenvalue weighted by Gasteiger charge is 2.29. The van der Waals surface area contributed by atoms with E-state index >= 15 is 0 Å². The summed E-state index contributed by atoms with van der Waals surface area (Å²) >= 11 is 0. The Morgan fingerprint density at radius 2 is 2.16 bits per heavy atom. The van der Waals surface area contributed by atoms with Crippen molar-refractivity contribution in [3.8, 4) is 0 Å². The molecular weight excluding hydrogens is 242 g/mol. The molecule has 5 nitrogen and oxygen atoms in total. The van der Waals surface area contributed by atoms with Gasteiger partial charge in [-0.1, -0.05) is 13.3 Å². The van der Waals surface area contributed by atoms with Crippen LogP contribution < -0.4 is 11.1 Å². The number of nitrogens with zero attached hydrogens (tertiary/aromatic N) is 1. The Balaban J connectivity index is 2.47. The lowest BCUT2D eigenvalue weighted by Gasteiger charge is -2.37. The summed E-state index contributed by atoms with van der Waals surface area (Å²) < 4.78 is 5.62. The first kappa shape index (κ1) is 16.4. The van der Waals surface area contributed by atoms with E-state index in [0.29, 0.717) is 6.61 Å². The van der Waals surface area contributed by atoms with Crippen LogP contribution in [0.2, 0.25) is 0 Å². The number of hydrogen-bond donors (Lipinski definition) is 2. The minimum atomic E-state index is -0.121. The maximum atomic E-state index is 12.2. The second-order valence-corrected chi connectivity index (χ2v) is 5.64. The van der Waals surface area contributed by atoms with Gasteiger partial charge in [0.1, 0.15) is 0 Å². The van der Waals surface area contributed by atoms with Gasteiger partial charge in [-0.2, -0.15) is 0 Å². The molecule has 1 rings (SSSR count). The molecule has 112 valence electrons. The zero-order valence-electron chi connectivity index (χ0n) is 12.7. The van der Waals surface area contributed by atoms with Gasteiger partial charge in [0.2, 0.25) is 5.91 Å². The fourth-order valence-corrected chi connectivity index (χ4v) is 2.40. The molecule has 4 atom stereocenters. The highest BCUT2D eigenvalue weighted by molar-refractivity contribution is 5.81. The number of nitrogens with two attached hydrogens (primary N) is 1. The summed E-state index contributed by atoms with van der Waals surface area (Å²) in [6.45, 7) is 10.3. The van der Waals surface area contributed by atoms with Crippen molar-refractivity contribution >= 4 is 5.91 Å². The minimum absolute atomic E-state index is 0.00271. The van der Waals surface area contributed by atoms with Crippen molar-refractivity contribution < 1.29 is 9.53 Å². The molecule has 19 heavy (non-hydrogen) atoms. The number of carbonyl (C=O) groups is 1. The smallest absolute Gasteiger partial charge is 0.237 e. The molecule has 1 fully saturated rings. The van der Waals surface area contributed by atoms with Crippen molar-refractivity contribution in [1.82, 2.24) is 10.2 Å². The number of rotatable bonds is 6. The van der Waals surface area contributed by atoms with E-state index in [0.717, 1.165) is 25.9 Å². The van der Waals surface area contributed by atoms with Gasteiger partial charge in [-0.05, 0) is 27.2 Å². The molecule has 0 aliphatic carbocycles. The standard InChI is InChI=1S/C14H29N3O2/c1-5-6-10(2)16-14(18)12(4)17-7-8-19-13(9-17)11(3)15/h10-13H,5-9,15H2,1-4H3,(H,16,18). The van der Waals surface area contributed by atoms with Crippen LogP contribution in [0.15, 0.2) is 0 Å². The van der Waals surface area contributed by atoms with E-state index in [1.54, 1.807) is 0 Å². The third kappa shape index (κ3) is 5.09. The van der Waals surface area contributed by atoms with Crippen molar-refractivity contribution in [2.45, 2.75) is 64.8 Å². The second-order valence-electron chi connectivity index (χ2n) is 5.64. The maximum Gasteiger partial charge on any atom is 0.237 e. The van der Waals surface area contributed by atoms with Crippen molar-refractivity contribution in [3.63, 3.8) is 0 Å². The highest BCUT2D eigenvalue weighted by Crippen LogP contribution is 2.11. The minimum Gasteiger partial charge on any atom is -0.374 e. The van der Waals surface area contributed by atoms with Crippen molar-refractivity contribution in [2.75, 3.05) is 19.7 Å². The maximum absolute atomic E-state index is 12.2. The van der Waals surface area contributed by atoms with Gasteiger partial charge in [-0.3, -0.25) is 9.69 Å². The fraction of sp³-hybridized carbons (Fsp3) is 0.929. The van der Waals surface area contributed by atoms with Gasteiger partial charge in [0.15, 0.2) is 0 Å². The fourth-order valence-electron chi connectivity index (χ4n) is 2.40. The molecule has 1 aliphatic heterocycles. The molecule has 0 bridgehead atoms. The normalized spacial score (nSPS) is 25.6. The SMILES string of the molecule is CCCC(C)NC(=O)C(C)N1CCOC(C(C)N)C1. The Labute approximate surface area is 116 Å². The second kappa shape index (κ2) is 7.82. The Bertz CT molecular complexity index is 284. The molecule has 0 aromatic heterocycles. The van der Waals surface area contributed by atoms with Gasteiger partial charge in [0, 0.05) is 25.2 Å². The Hall–Kier alpha value is -0.650. The van der Waals surface area contributed by atoms with Crippen molar-refractivity contribution in [2.24, 2.45) is 5.73 Å². The summed E-state index contributed by atoms with van der Waals surface area (Å²) in [6, 6.07) is 0.117. The molecule has 0 aromatic rings. The van der Waals surface area contributed by atoms with Crippen LogP contribution in [0.5, 0.6) is 0 Å². The summed E-state index contributed by atoms with van der Waals surface area (Å²) in [6.07, 6.45) is 2.13. The molecule has 1 saturated heterocycles. The lowest BCUT2D eigenvalue weighted by molar-refractivity contribution is -0.130. The van der Waals surface area contributed by atoms with E-state index in [2.05, 4.69) is 24.1 Å². The van der Waals surface area contributed by atoms with Crippen LogP contribution in [-0.2, 0) is 9.53 Å². The first-order chi connectivity index (χ1) is 8.95.